The Kier molecular flexibility index (Phi) is 6.49. The molecule has 0 aromatic carbocycles. The lowest BCUT2D eigenvalue weighted by Gasteiger charge is -2.12. The largest absolute Gasteiger partial charge is 0.461 e. The van der Waals surface area contributed by atoms with Gasteiger partial charge < -0.3 is 9.47 Å². The molecule has 0 unspecified atom stereocenters. The highest BCUT2D eigenvalue weighted by molar-refractivity contribution is 5.92. The lowest BCUT2D eigenvalue weighted by atomic mass is 9.98. The highest BCUT2D eigenvalue weighted by Gasteiger charge is 2.32. The lowest BCUT2D eigenvalue weighted by molar-refractivity contribution is -0.137. The predicted molar refractivity (Wildman–Crippen MR) is 76.7 cm³/mol. The van der Waals surface area contributed by atoms with Crippen molar-refractivity contribution in [3.63, 3.8) is 0 Å². The van der Waals surface area contributed by atoms with Gasteiger partial charge in [0.15, 0.2) is 0 Å². The fourth-order valence-electron chi connectivity index (χ4n) is 2.24. The topological polar surface area (TPSA) is 52.6 Å². The van der Waals surface area contributed by atoms with Gasteiger partial charge in [0, 0.05) is 19.3 Å². The molecule has 0 N–H and O–H groups in total. The molecule has 0 aromatic heterocycles. The van der Waals surface area contributed by atoms with Crippen molar-refractivity contribution in [1.82, 2.24) is 0 Å². The standard InChI is InChI=1S/C16H24O4/c1-5-13-10-19-16(18)15(13)14(20-12(4)17)9-7-6-8-11(2)3/h5,11,13H,1,6-10H2,2-4H3/b15-14-/t13-/m0/s1. The van der Waals surface area contributed by atoms with Crippen LogP contribution in [0.3, 0.4) is 0 Å². The summed E-state index contributed by atoms with van der Waals surface area (Å²) in [6, 6.07) is 0. The fourth-order valence-corrected chi connectivity index (χ4v) is 2.24. The van der Waals surface area contributed by atoms with Gasteiger partial charge >= 0.3 is 11.9 Å². The molecule has 0 radical (unpaired) electrons. The van der Waals surface area contributed by atoms with Gasteiger partial charge in [-0.15, -0.1) is 6.58 Å². The molecule has 0 spiro atoms. The van der Waals surface area contributed by atoms with E-state index in [-0.39, 0.29) is 12.5 Å². The van der Waals surface area contributed by atoms with E-state index in [0.717, 1.165) is 19.3 Å². The number of carbonyl (C=O) groups excluding carboxylic acids is 2. The second-order valence-corrected chi connectivity index (χ2v) is 5.51. The average Bonchev–Trinajstić information content (AvgIpc) is 2.73. The Hall–Kier alpha value is -1.58. The molecule has 0 saturated carbocycles. The number of rotatable bonds is 7. The maximum Gasteiger partial charge on any atom is 0.338 e. The van der Waals surface area contributed by atoms with E-state index in [1.807, 2.05) is 0 Å². The third-order valence-corrected chi connectivity index (χ3v) is 3.27. The number of carbonyl (C=O) groups is 2. The van der Waals surface area contributed by atoms with Crippen molar-refractivity contribution in [2.24, 2.45) is 11.8 Å². The first-order chi connectivity index (χ1) is 9.45. The number of hydrogen-bond donors (Lipinski definition) is 0. The zero-order valence-electron chi connectivity index (χ0n) is 12.6. The SMILES string of the molecule is C=C[C@H]1COC(=O)/C1=C(/CCCCC(C)C)OC(C)=O. The van der Waals surface area contributed by atoms with E-state index in [0.29, 0.717) is 23.7 Å². The number of hydrogen-bond acceptors (Lipinski definition) is 4. The van der Waals surface area contributed by atoms with Gasteiger partial charge in [-0.25, -0.2) is 4.79 Å². The van der Waals surface area contributed by atoms with Crippen LogP contribution < -0.4 is 0 Å². The van der Waals surface area contributed by atoms with Crippen LogP contribution in [0.4, 0.5) is 0 Å². The molecule has 1 fully saturated rings. The maximum absolute atomic E-state index is 11.8. The van der Waals surface area contributed by atoms with Crippen molar-refractivity contribution >= 4 is 11.9 Å². The van der Waals surface area contributed by atoms with Crippen molar-refractivity contribution in [1.29, 1.82) is 0 Å². The van der Waals surface area contributed by atoms with Crippen LogP contribution in [0.15, 0.2) is 24.0 Å². The summed E-state index contributed by atoms with van der Waals surface area (Å²) in [5.41, 5.74) is 0.458. The molecule has 1 rings (SSSR count). The van der Waals surface area contributed by atoms with Crippen LogP contribution in [0.1, 0.15) is 46.5 Å². The highest BCUT2D eigenvalue weighted by Crippen LogP contribution is 2.29. The van der Waals surface area contributed by atoms with Crippen LogP contribution in [-0.2, 0) is 19.1 Å². The summed E-state index contributed by atoms with van der Waals surface area (Å²) in [4.78, 5) is 23.0. The summed E-state index contributed by atoms with van der Waals surface area (Å²) in [6.45, 7) is 9.68. The number of allylic oxidation sites excluding steroid dienone is 1. The molecule has 1 heterocycles. The first-order valence-electron chi connectivity index (χ1n) is 7.16. The summed E-state index contributed by atoms with van der Waals surface area (Å²) in [6.07, 6.45) is 5.31. The molecule has 1 saturated heterocycles. The molecule has 0 bridgehead atoms. The van der Waals surface area contributed by atoms with E-state index in [4.69, 9.17) is 9.47 Å². The second kappa shape index (κ2) is 7.88. The van der Waals surface area contributed by atoms with Crippen molar-refractivity contribution in [2.75, 3.05) is 6.61 Å². The number of unbranched alkanes of at least 4 members (excludes halogenated alkanes) is 1. The van der Waals surface area contributed by atoms with Crippen LogP contribution in [-0.4, -0.2) is 18.5 Å². The minimum atomic E-state index is -0.404. The monoisotopic (exact) mass is 280 g/mol. The summed E-state index contributed by atoms with van der Waals surface area (Å²) in [5, 5.41) is 0. The Bertz CT molecular complexity index is 407. The Morgan fingerprint density at radius 3 is 2.75 bits per heavy atom. The zero-order valence-corrected chi connectivity index (χ0v) is 12.6. The van der Waals surface area contributed by atoms with E-state index in [2.05, 4.69) is 20.4 Å². The molecule has 20 heavy (non-hydrogen) atoms. The van der Waals surface area contributed by atoms with E-state index in [1.54, 1.807) is 6.08 Å². The Labute approximate surface area is 120 Å². The Morgan fingerprint density at radius 2 is 2.20 bits per heavy atom. The summed E-state index contributed by atoms with van der Waals surface area (Å²) in [7, 11) is 0. The molecule has 0 aromatic rings. The minimum Gasteiger partial charge on any atom is -0.461 e. The Morgan fingerprint density at radius 1 is 1.50 bits per heavy atom. The molecular formula is C16H24O4. The van der Waals surface area contributed by atoms with Gasteiger partial charge in [-0.05, 0) is 12.3 Å². The van der Waals surface area contributed by atoms with Crippen LogP contribution in [0.5, 0.6) is 0 Å². The average molecular weight is 280 g/mol. The first kappa shape index (κ1) is 16.5. The third kappa shape index (κ3) is 4.83. The second-order valence-electron chi connectivity index (χ2n) is 5.51. The molecule has 4 heteroatoms. The Balaban J connectivity index is 2.79. The number of ether oxygens (including phenoxy) is 2. The van der Waals surface area contributed by atoms with Crippen LogP contribution in [0.2, 0.25) is 0 Å². The van der Waals surface area contributed by atoms with Crippen LogP contribution in [0.25, 0.3) is 0 Å². The normalized spacial score (nSPS) is 20.8. The third-order valence-electron chi connectivity index (χ3n) is 3.27. The van der Waals surface area contributed by atoms with E-state index in [1.165, 1.54) is 6.92 Å². The lowest BCUT2D eigenvalue weighted by Crippen LogP contribution is -2.10. The van der Waals surface area contributed by atoms with Gasteiger partial charge in [0.25, 0.3) is 0 Å². The molecule has 1 aliphatic rings. The summed E-state index contributed by atoms with van der Waals surface area (Å²) < 4.78 is 10.3. The molecule has 4 nitrogen and oxygen atoms in total. The van der Waals surface area contributed by atoms with Crippen molar-refractivity contribution in [3.05, 3.63) is 24.0 Å². The zero-order chi connectivity index (χ0) is 15.1. The van der Waals surface area contributed by atoms with Crippen molar-refractivity contribution in [3.8, 4) is 0 Å². The molecular weight excluding hydrogens is 256 g/mol. The van der Waals surface area contributed by atoms with E-state index < -0.39 is 11.9 Å². The van der Waals surface area contributed by atoms with E-state index in [9.17, 15) is 9.59 Å². The predicted octanol–water partition coefficient (Wildman–Crippen LogP) is 3.38. The van der Waals surface area contributed by atoms with Crippen LogP contribution in [0, 0.1) is 11.8 Å². The summed E-state index contributed by atoms with van der Waals surface area (Å²) in [5.74, 6) is 0.127. The molecule has 0 aliphatic carbocycles. The molecule has 1 atom stereocenters. The maximum atomic E-state index is 11.8. The van der Waals surface area contributed by atoms with Crippen LogP contribution >= 0.6 is 0 Å². The van der Waals surface area contributed by atoms with Crippen molar-refractivity contribution < 1.29 is 19.1 Å². The van der Waals surface area contributed by atoms with Gasteiger partial charge in [-0.3, -0.25) is 4.79 Å². The highest BCUT2D eigenvalue weighted by atomic mass is 16.6. The van der Waals surface area contributed by atoms with Gasteiger partial charge in [-0.1, -0.05) is 32.8 Å². The first-order valence-corrected chi connectivity index (χ1v) is 7.16. The molecule has 112 valence electrons. The van der Waals surface area contributed by atoms with Crippen molar-refractivity contribution in [2.45, 2.75) is 46.5 Å². The molecule has 1 aliphatic heterocycles. The summed E-state index contributed by atoms with van der Waals surface area (Å²) >= 11 is 0. The fraction of sp³-hybridized carbons (Fsp3) is 0.625. The number of cyclic esters (lactones) is 1. The quantitative estimate of drug-likeness (QED) is 0.236. The van der Waals surface area contributed by atoms with Gasteiger partial charge in [0.1, 0.15) is 12.4 Å². The molecule has 0 amide bonds. The van der Waals surface area contributed by atoms with E-state index >= 15 is 0 Å². The van der Waals surface area contributed by atoms with Gasteiger partial charge in [0.05, 0.1) is 5.57 Å². The van der Waals surface area contributed by atoms with Gasteiger partial charge in [0.2, 0.25) is 0 Å². The number of esters is 2. The smallest absolute Gasteiger partial charge is 0.338 e. The minimum absolute atomic E-state index is 0.179. The van der Waals surface area contributed by atoms with Gasteiger partial charge in [-0.2, -0.15) is 0 Å².